The lowest BCUT2D eigenvalue weighted by atomic mass is 9.73. The molecule has 0 aliphatic heterocycles. The van der Waals surface area contributed by atoms with Crippen LogP contribution in [-0.4, -0.2) is 9.97 Å². The van der Waals surface area contributed by atoms with Crippen molar-refractivity contribution in [2.24, 2.45) is 17.2 Å². The number of rotatable bonds is 3. The number of aromatic amines is 1. The fraction of sp³-hybridized carbons (Fsp3) is 0.389. The van der Waals surface area contributed by atoms with Crippen molar-refractivity contribution < 1.29 is 4.39 Å². The average Bonchev–Trinajstić information content (AvgIpc) is 2.88. The zero-order valence-electron chi connectivity index (χ0n) is 13.8. The van der Waals surface area contributed by atoms with E-state index in [0.29, 0.717) is 17.1 Å². The van der Waals surface area contributed by atoms with Crippen molar-refractivity contribution in [2.75, 3.05) is 0 Å². The minimum absolute atomic E-state index is 0.178. The number of allylic oxidation sites excluding steroid dienone is 2. The smallest absolute Gasteiger partial charge is 0.149 e. The second kappa shape index (κ2) is 5.81. The summed E-state index contributed by atoms with van der Waals surface area (Å²) in [5.74, 6) is 5.39. The third-order valence-corrected chi connectivity index (χ3v) is 4.38. The molecule has 3 rings (SSSR count). The summed E-state index contributed by atoms with van der Waals surface area (Å²) < 4.78 is 14.1. The summed E-state index contributed by atoms with van der Waals surface area (Å²) in [5.41, 5.74) is 5.90. The van der Waals surface area contributed by atoms with Gasteiger partial charge in [-0.25, -0.2) is 9.37 Å². The van der Waals surface area contributed by atoms with E-state index < -0.39 is 5.83 Å². The molecule has 0 saturated carbocycles. The number of hydrazine groups is 1. The lowest BCUT2D eigenvalue weighted by Gasteiger charge is -2.32. The summed E-state index contributed by atoms with van der Waals surface area (Å²) >= 11 is 0. The molecule has 1 atom stereocenters. The van der Waals surface area contributed by atoms with Crippen molar-refractivity contribution >= 4 is 22.4 Å². The Morgan fingerprint density at radius 1 is 1.52 bits per heavy atom. The SMILES string of the molecule is CC1CC(c2cnc3[nH]cc(/C(F)=C/NN)c3c2)=CC(C)(C)C1. The molecule has 4 nitrogen and oxygen atoms in total. The molecule has 0 saturated heterocycles. The van der Waals surface area contributed by atoms with E-state index in [9.17, 15) is 4.39 Å². The van der Waals surface area contributed by atoms with Crippen LogP contribution < -0.4 is 11.3 Å². The Balaban J connectivity index is 2.08. The van der Waals surface area contributed by atoms with Crippen LogP contribution in [0.1, 0.15) is 44.7 Å². The van der Waals surface area contributed by atoms with E-state index in [2.05, 4.69) is 42.2 Å². The first-order valence-electron chi connectivity index (χ1n) is 7.91. The molecule has 0 spiro atoms. The molecule has 2 aromatic rings. The average molecular weight is 314 g/mol. The van der Waals surface area contributed by atoms with Gasteiger partial charge in [-0.2, -0.15) is 0 Å². The van der Waals surface area contributed by atoms with Gasteiger partial charge >= 0.3 is 0 Å². The number of pyridine rings is 1. The number of H-pyrrole nitrogens is 1. The fourth-order valence-electron chi connectivity index (χ4n) is 3.66. The monoisotopic (exact) mass is 314 g/mol. The first kappa shape index (κ1) is 15.7. The van der Waals surface area contributed by atoms with Gasteiger partial charge in [-0.3, -0.25) is 5.84 Å². The number of halogens is 1. The quantitative estimate of drug-likeness (QED) is 0.589. The Bertz CT molecular complexity index is 785. The zero-order chi connectivity index (χ0) is 16.6. The van der Waals surface area contributed by atoms with Gasteiger partial charge < -0.3 is 10.4 Å². The Hall–Kier alpha value is -2.14. The summed E-state index contributed by atoms with van der Waals surface area (Å²) in [6.07, 6.45) is 9.16. The predicted molar refractivity (Wildman–Crippen MR) is 92.7 cm³/mol. The van der Waals surface area contributed by atoms with Crippen molar-refractivity contribution in [2.45, 2.75) is 33.6 Å². The summed E-state index contributed by atoms with van der Waals surface area (Å²) in [4.78, 5) is 7.45. The molecule has 0 bridgehead atoms. The standard InChI is InChI=1S/C18H23FN4/c1-11-4-12(7-18(2,3)6-11)13-5-14-15(16(19)10-23-20)9-22-17(14)21-8-13/h5,7-11,23H,4,6,20H2,1-3H3,(H,21,22)/b16-10-. The lowest BCUT2D eigenvalue weighted by molar-refractivity contribution is 0.337. The number of aromatic nitrogens is 2. The number of fused-ring (bicyclic) bond motifs is 1. The van der Waals surface area contributed by atoms with Crippen LogP contribution in [0.25, 0.3) is 22.4 Å². The second-order valence-electron chi connectivity index (χ2n) is 7.15. The van der Waals surface area contributed by atoms with E-state index in [-0.39, 0.29) is 5.41 Å². The normalized spacial score (nSPS) is 21.3. The van der Waals surface area contributed by atoms with Crippen LogP contribution in [-0.2, 0) is 0 Å². The molecule has 2 aromatic heterocycles. The third kappa shape index (κ3) is 3.15. The maximum Gasteiger partial charge on any atom is 0.149 e. The van der Waals surface area contributed by atoms with Crippen molar-refractivity contribution in [1.82, 2.24) is 15.4 Å². The number of nitrogens with zero attached hydrogens (tertiary/aromatic N) is 1. The van der Waals surface area contributed by atoms with E-state index in [1.54, 1.807) is 6.20 Å². The maximum absolute atomic E-state index is 14.1. The Labute approximate surface area is 135 Å². The van der Waals surface area contributed by atoms with Gasteiger partial charge in [-0.05, 0) is 41.4 Å². The van der Waals surface area contributed by atoms with Gasteiger partial charge in [0, 0.05) is 29.5 Å². The highest BCUT2D eigenvalue weighted by atomic mass is 19.1. The predicted octanol–water partition coefficient (Wildman–Crippen LogP) is 4.13. The highest BCUT2D eigenvalue weighted by Crippen LogP contribution is 2.41. The van der Waals surface area contributed by atoms with Gasteiger partial charge in [-0.15, -0.1) is 0 Å². The number of nitrogens with two attached hydrogens (primary N) is 1. The van der Waals surface area contributed by atoms with Crippen LogP contribution >= 0.6 is 0 Å². The van der Waals surface area contributed by atoms with Crippen LogP contribution in [0, 0.1) is 11.3 Å². The van der Waals surface area contributed by atoms with Gasteiger partial charge in [0.2, 0.25) is 0 Å². The topological polar surface area (TPSA) is 66.7 Å². The molecule has 4 N–H and O–H groups in total. The minimum atomic E-state index is -0.413. The van der Waals surface area contributed by atoms with E-state index in [1.807, 2.05) is 12.3 Å². The molecule has 0 amide bonds. The molecular weight excluding hydrogens is 291 g/mol. The molecule has 1 aliphatic carbocycles. The van der Waals surface area contributed by atoms with Crippen molar-refractivity contribution in [3.8, 4) is 0 Å². The minimum Gasteiger partial charge on any atom is -0.345 e. The summed E-state index contributed by atoms with van der Waals surface area (Å²) in [7, 11) is 0. The molecule has 1 unspecified atom stereocenters. The first-order chi connectivity index (χ1) is 10.9. The molecule has 0 radical (unpaired) electrons. The zero-order valence-corrected chi connectivity index (χ0v) is 13.8. The Morgan fingerprint density at radius 3 is 3.00 bits per heavy atom. The third-order valence-electron chi connectivity index (χ3n) is 4.38. The molecule has 122 valence electrons. The van der Waals surface area contributed by atoms with E-state index in [0.717, 1.165) is 23.6 Å². The fourth-order valence-corrected chi connectivity index (χ4v) is 3.66. The van der Waals surface area contributed by atoms with Gasteiger partial charge in [-0.1, -0.05) is 26.8 Å². The molecule has 5 heteroatoms. The highest BCUT2D eigenvalue weighted by molar-refractivity contribution is 5.90. The largest absolute Gasteiger partial charge is 0.345 e. The van der Waals surface area contributed by atoms with Gasteiger partial charge in [0.1, 0.15) is 11.5 Å². The molecule has 0 fully saturated rings. The van der Waals surface area contributed by atoms with E-state index in [4.69, 9.17) is 5.84 Å². The van der Waals surface area contributed by atoms with Crippen molar-refractivity contribution in [3.05, 3.63) is 41.9 Å². The number of hydrogen-bond acceptors (Lipinski definition) is 3. The Kier molecular flexibility index (Phi) is 3.98. The Morgan fingerprint density at radius 2 is 2.30 bits per heavy atom. The molecular formula is C18H23FN4. The van der Waals surface area contributed by atoms with E-state index in [1.165, 1.54) is 12.0 Å². The summed E-state index contributed by atoms with van der Waals surface area (Å²) in [5, 5.41) is 0.767. The molecule has 1 aliphatic rings. The number of hydrogen-bond donors (Lipinski definition) is 3. The van der Waals surface area contributed by atoms with Crippen LogP contribution in [0.3, 0.4) is 0 Å². The van der Waals surface area contributed by atoms with Gasteiger partial charge in [0.25, 0.3) is 0 Å². The van der Waals surface area contributed by atoms with Crippen molar-refractivity contribution in [1.29, 1.82) is 0 Å². The van der Waals surface area contributed by atoms with E-state index >= 15 is 0 Å². The molecule has 0 aromatic carbocycles. The first-order valence-corrected chi connectivity index (χ1v) is 7.91. The van der Waals surface area contributed by atoms with Crippen molar-refractivity contribution in [3.63, 3.8) is 0 Å². The maximum atomic E-state index is 14.1. The summed E-state index contributed by atoms with van der Waals surface area (Å²) in [6, 6.07) is 2.01. The van der Waals surface area contributed by atoms with Gasteiger partial charge in [0.05, 0.1) is 0 Å². The van der Waals surface area contributed by atoms with Crippen LogP contribution in [0.5, 0.6) is 0 Å². The summed E-state index contributed by atoms with van der Waals surface area (Å²) in [6.45, 7) is 6.79. The number of nitrogens with one attached hydrogen (secondary N) is 2. The van der Waals surface area contributed by atoms with Crippen LogP contribution in [0.2, 0.25) is 0 Å². The second-order valence-corrected chi connectivity index (χ2v) is 7.15. The van der Waals surface area contributed by atoms with Gasteiger partial charge in [0.15, 0.2) is 0 Å². The highest BCUT2D eigenvalue weighted by Gasteiger charge is 2.26. The molecule has 2 heterocycles. The van der Waals surface area contributed by atoms with Crippen LogP contribution in [0.15, 0.2) is 30.7 Å². The lowest BCUT2D eigenvalue weighted by Crippen LogP contribution is -2.18. The van der Waals surface area contributed by atoms with Crippen LogP contribution in [0.4, 0.5) is 4.39 Å². The molecule has 23 heavy (non-hydrogen) atoms.